The van der Waals surface area contributed by atoms with E-state index in [-0.39, 0.29) is 17.2 Å². The number of nitrogens with zero attached hydrogens (tertiary/aromatic N) is 3. The minimum Gasteiger partial charge on any atom is -0.272 e. The fourth-order valence-electron chi connectivity index (χ4n) is 2.96. The normalized spacial score (nSPS) is 11.2. The lowest BCUT2D eigenvalue weighted by Crippen LogP contribution is -2.24. The molecule has 0 saturated heterocycles. The topological polar surface area (TPSA) is 76.3 Å². The number of rotatable bonds is 6. The van der Waals surface area contributed by atoms with Gasteiger partial charge in [0.05, 0.1) is 28.6 Å². The van der Waals surface area contributed by atoms with Gasteiger partial charge < -0.3 is 0 Å². The van der Waals surface area contributed by atoms with E-state index in [1.807, 2.05) is 12.1 Å². The molecule has 6 nitrogen and oxygen atoms in total. The fraction of sp³-hybridized carbons (Fsp3) is 0.0435. The summed E-state index contributed by atoms with van der Waals surface area (Å²) in [5.74, 6) is -0.316. The SMILES string of the molecule is O=C(CSc1nc2ccccc2c(=O)n1-c1ccc(Cl)cc1)N/N=C\c1cccc(Cl)c1. The highest BCUT2D eigenvalue weighted by Gasteiger charge is 2.14. The summed E-state index contributed by atoms with van der Waals surface area (Å²) in [6.45, 7) is 0. The van der Waals surface area contributed by atoms with Crippen LogP contribution in [-0.4, -0.2) is 27.4 Å². The molecule has 0 bridgehead atoms. The average molecular weight is 483 g/mol. The number of halogens is 2. The third-order valence-corrected chi connectivity index (χ3v) is 5.84. The van der Waals surface area contributed by atoms with E-state index in [0.717, 1.165) is 17.3 Å². The number of thioether (sulfide) groups is 1. The van der Waals surface area contributed by atoms with E-state index in [1.165, 1.54) is 10.8 Å². The van der Waals surface area contributed by atoms with Crippen molar-refractivity contribution >= 4 is 58.0 Å². The molecule has 3 aromatic carbocycles. The molecule has 0 spiro atoms. The lowest BCUT2D eigenvalue weighted by molar-refractivity contribution is -0.118. The number of fused-ring (bicyclic) bond motifs is 1. The van der Waals surface area contributed by atoms with Crippen molar-refractivity contribution < 1.29 is 4.79 Å². The first-order valence-electron chi connectivity index (χ1n) is 9.49. The number of benzene rings is 3. The lowest BCUT2D eigenvalue weighted by atomic mass is 10.2. The molecule has 0 unspecified atom stereocenters. The second-order valence-electron chi connectivity index (χ2n) is 6.67. The lowest BCUT2D eigenvalue weighted by Gasteiger charge is -2.13. The van der Waals surface area contributed by atoms with Crippen LogP contribution in [0.2, 0.25) is 10.0 Å². The Morgan fingerprint density at radius 3 is 2.59 bits per heavy atom. The van der Waals surface area contributed by atoms with Gasteiger partial charge in [0.15, 0.2) is 5.16 Å². The molecule has 0 aliphatic carbocycles. The molecule has 160 valence electrons. The highest BCUT2D eigenvalue weighted by Crippen LogP contribution is 2.22. The number of carbonyl (C=O) groups is 1. The van der Waals surface area contributed by atoms with Gasteiger partial charge in [-0.1, -0.05) is 59.2 Å². The fourth-order valence-corrected chi connectivity index (χ4v) is 4.08. The zero-order chi connectivity index (χ0) is 22.5. The number of aromatic nitrogens is 2. The quantitative estimate of drug-likeness (QED) is 0.183. The summed E-state index contributed by atoms with van der Waals surface area (Å²) in [6.07, 6.45) is 1.51. The summed E-state index contributed by atoms with van der Waals surface area (Å²) in [6, 6.07) is 21.1. The zero-order valence-corrected chi connectivity index (χ0v) is 18.9. The first-order valence-corrected chi connectivity index (χ1v) is 11.2. The number of para-hydroxylation sites is 1. The van der Waals surface area contributed by atoms with Crippen molar-refractivity contribution in [3.63, 3.8) is 0 Å². The summed E-state index contributed by atoms with van der Waals surface area (Å²) in [7, 11) is 0. The van der Waals surface area contributed by atoms with Crippen LogP contribution in [0.1, 0.15) is 5.56 Å². The van der Waals surface area contributed by atoms with Crippen molar-refractivity contribution in [3.8, 4) is 5.69 Å². The summed E-state index contributed by atoms with van der Waals surface area (Å²) in [4.78, 5) is 30.1. The van der Waals surface area contributed by atoms with Gasteiger partial charge in [0.1, 0.15) is 0 Å². The van der Waals surface area contributed by atoms with Crippen LogP contribution in [0.4, 0.5) is 0 Å². The van der Waals surface area contributed by atoms with E-state index in [2.05, 4.69) is 15.5 Å². The molecular weight excluding hydrogens is 467 g/mol. The van der Waals surface area contributed by atoms with Gasteiger partial charge in [-0.2, -0.15) is 5.10 Å². The Bertz CT molecular complexity index is 1370. The van der Waals surface area contributed by atoms with Crippen LogP contribution in [-0.2, 0) is 4.79 Å². The van der Waals surface area contributed by atoms with Crippen LogP contribution in [0.3, 0.4) is 0 Å². The van der Waals surface area contributed by atoms with Crippen molar-refractivity contribution in [2.45, 2.75) is 5.16 Å². The molecule has 1 amide bonds. The largest absolute Gasteiger partial charge is 0.272 e. The smallest absolute Gasteiger partial charge is 0.266 e. The molecular formula is C23H16Cl2N4O2S. The van der Waals surface area contributed by atoms with Crippen LogP contribution < -0.4 is 11.0 Å². The molecule has 0 saturated carbocycles. The number of carbonyl (C=O) groups excluding carboxylic acids is 1. The molecule has 0 fully saturated rings. The number of amides is 1. The van der Waals surface area contributed by atoms with Crippen LogP contribution in [0.5, 0.6) is 0 Å². The molecule has 1 aromatic heterocycles. The summed E-state index contributed by atoms with van der Waals surface area (Å²) >= 11 is 13.1. The van der Waals surface area contributed by atoms with Gasteiger partial charge in [-0.15, -0.1) is 0 Å². The molecule has 4 rings (SSSR count). The maximum absolute atomic E-state index is 13.2. The van der Waals surface area contributed by atoms with Gasteiger partial charge in [0, 0.05) is 10.0 Å². The third-order valence-electron chi connectivity index (χ3n) is 4.41. The predicted molar refractivity (Wildman–Crippen MR) is 130 cm³/mol. The average Bonchev–Trinajstić information content (AvgIpc) is 2.79. The molecule has 0 atom stereocenters. The van der Waals surface area contributed by atoms with E-state index in [1.54, 1.807) is 60.7 Å². The van der Waals surface area contributed by atoms with Crippen LogP contribution >= 0.6 is 35.0 Å². The molecule has 0 aliphatic rings. The van der Waals surface area contributed by atoms with Crippen LogP contribution in [0, 0.1) is 0 Å². The predicted octanol–water partition coefficient (Wildman–Crippen LogP) is 4.93. The van der Waals surface area contributed by atoms with Gasteiger partial charge in [0.2, 0.25) is 0 Å². The second kappa shape index (κ2) is 9.99. The van der Waals surface area contributed by atoms with Gasteiger partial charge >= 0.3 is 0 Å². The summed E-state index contributed by atoms with van der Waals surface area (Å²) in [5, 5.41) is 5.97. The summed E-state index contributed by atoms with van der Waals surface area (Å²) in [5.41, 5.74) is 4.18. The van der Waals surface area contributed by atoms with Crippen LogP contribution in [0.15, 0.2) is 87.8 Å². The molecule has 1 heterocycles. The Hall–Kier alpha value is -3.13. The van der Waals surface area contributed by atoms with E-state index >= 15 is 0 Å². The van der Waals surface area contributed by atoms with Gasteiger partial charge in [-0.25, -0.2) is 10.4 Å². The number of hydrazone groups is 1. The Balaban J connectivity index is 1.56. The molecule has 0 radical (unpaired) electrons. The molecule has 1 N–H and O–H groups in total. The van der Waals surface area contributed by atoms with Crippen molar-refractivity contribution in [2.24, 2.45) is 5.10 Å². The minimum absolute atomic E-state index is 0.0191. The van der Waals surface area contributed by atoms with E-state index < -0.39 is 0 Å². The monoisotopic (exact) mass is 482 g/mol. The van der Waals surface area contributed by atoms with Crippen molar-refractivity contribution in [1.82, 2.24) is 15.0 Å². The highest BCUT2D eigenvalue weighted by molar-refractivity contribution is 7.99. The van der Waals surface area contributed by atoms with E-state index in [9.17, 15) is 9.59 Å². The van der Waals surface area contributed by atoms with Crippen LogP contribution in [0.25, 0.3) is 16.6 Å². The Kier molecular flexibility index (Phi) is 6.90. The maximum atomic E-state index is 13.2. The van der Waals surface area contributed by atoms with Crippen molar-refractivity contribution in [1.29, 1.82) is 0 Å². The Morgan fingerprint density at radius 1 is 1.03 bits per heavy atom. The molecule has 9 heteroatoms. The van der Waals surface area contributed by atoms with Gasteiger partial charge in [-0.05, 0) is 54.1 Å². The highest BCUT2D eigenvalue weighted by atomic mass is 35.5. The van der Waals surface area contributed by atoms with Crippen molar-refractivity contribution in [3.05, 3.63) is 98.8 Å². The third kappa shape index (κ3) is 5.19. The second-order valence-corrected chi connectivity index (χ2v) is 8.48. The maximum Gasteiger partial charge on any atom is 0.266 e. The first-order chi connectivity index (χ1) is 15.5. The zero-order valence-electron chi connectivity index (χ0n) is 16.5. The Morgan fingerprint density at radius 2 is 1.81 bits per heavy atom. The van der Waals surface area contributed by atoms with Gasteiger partial charge in [-0.3, -0.25) is 14.2 Å². The number of hydrogen-bond donors (Lipinski definition) is 1. The minimum atomic E-state index is -0.335. The number of hydrogen-bond acceptors (Lipinski definition) is 5. The molecule has 4 aromatic rings. The summed E-state index contributed by atoms with van der Waals surface area (Å²) < 4.78 is 1.48. The standard InChI is InChI=1S/C23H16Cl2N4O2S/c24-16-8-10-18(11-9-16)29-22(31)19-6-1-2-7-20(19)27-23(29)32-14-21(30)28-26-13-15-4-3-5-17(25)12-15/h1-13H,14H2,(H,28,30)/b26-13-. The van der Waals surface area contributed by atoms with Gasteiger partial charge in [0.25, 0.3) is 11.5 Å². The van der Waals surface area contributed by atoms with Crippen molar-refractivity contribution in [2.75, 3.05) is 5.75 Å². The molecule has 32 heavy (non-hydrogen) atoms. The van der Waals surface area contributed by atoms with E-state index in [4.69, 9.17) is 23.2 Å². The first kappa shape index (κ1) is 22.1. The number of nitrogens with one attached hydrogen (secondary N) is 1. The molecule has 0 aliphatic heterocycles. The van der Waals surface area contributed by atoms with E-state index in [0.29, 0.717) is 31.8 Å². The Labute approximate surface area is 197 Å².